The molecule has 2 amide bonds. The Labute approximate surface area is 188 Å². The van der Waals surface area contributed by atoms with Gasteiger partial charge in [-0.15, -0.1) is 11.3 Å². The van der Waals surface area contributed by atoms with Crippen LogP contribution in [0.1, 0.15) is 44.9 Å². The fourth-order valence-electron chi connectivity index (χ4n) is 3.93. The van der Waals surface area contributed by atoms with Crippen LogP contribution in [0.4, 0.5) is 0 Å². The molecule has 160 valence electrons. The van der Waals surface area contributed by atoms with Crippen molar-refractivity contribution in [1.82, 2.24) is 15.2 Å². The Balaban J connectivity index is 1.45. The lowest BCUT2D eigenvalue weighted by molar-refractivity contribution is 0.0894. The van der Waals surface area contributed by atoms with Crippen molar-refractivity contribution >= 4 is 34.8 Å². The Morgan fingerprint density at radius 1 is 1.03 bits per heavy atom. The second kappa shape index (κ2) is 9.08. The Morgan fingerprint density at radius 2 is 1.77 bits per heavy atom. The van der Waals surface area contributed by atoms with Gasteiger partial charge in [0, 0.05) is 29.9 Å². The summed E-state index contributed by atoms with van der Waals surface area (Å²) < 4.78 is 2.12. The Morgan fingerprint density at radius 3 is 2.42 bits per heavy atom. The normalized spacial score (nSPS) is 18.0. The smallest absolute Gasteiger partial charge is 0.261 e. The summed E-state index contributed by atoms with van der Waals surface area (Å²) in [5, 5.41) is 6.08. The monoisotopic (exact) mass is 455 g/mol. The zero-order valence-corrected chi connectivity index (χ0v) is 18.5. The molecule has 0 unspecified atom stereocenters. The molecule has 1 saturated carbocycles. The molecule has 1 aliphatic carbocycles. The van der Waals surface area contributed by atoms with Crippen molar-refractivity contribution < 1.29 is 9.59 Å². The fourth-order valence-corrected chi connectivity index (χ4v) is 4.87. The summed E-state index contributed by atoms with van der Waals surface area (Å²) in [6.45, 7) is 1.87. The topological polar surface area (TPSA) is 80.2 Å². The molecule has 0 spiro atoms. The average molecular weight is 456 g/mol. The van der Waals surface area contributed by atoms with E-state index < -0.39 is 0 Å². The summed E-state index contributed by atoms with van der Waals surface area (Å²) >= 11 is 7.16. The highest BCUT2D eigenvalue weighted by atomic mass is 35.5. The number of halogens is 1. The minimum atomic E-state index is -0.194. The first-order valence-corrected chi connectivity index (χ1v) is 11.3. The minimum absolute atomic E-state index is 0.124. The first kappa shape index (κ1) is 21.3. The van der Waals surface area contributed by atoms with Crippen LogP contribution in [0, 0.1) is 6.92 Å². The molecule has 2 atom stereocenters. The van der Waals surface area contributed by atoms with Gasteiger partial charge in [-0.2, -0.15) is 0 Å². The Hall–Kier alpha value is -2.90. The zero-order chi connectivity index (χ0) is 22.0. The van der Waals surface area contributed by atoms with E-state index in [-0.39, 0.29) is 29.5 Å². The highest BCUT2D eigenvalue weighted by Gasteiger charge is 2.30. The quantitative estimate of drug-likeness (QED) is 0.611. The van der Waals surface area contributed by atoms with Crippen LogP contribution in [0.15, 0.2) is 59.5 Å². The number of pyridine rings is 1. The highest BCUT2D eigenvalue weighted by Crippen LogP contribution is 2.24. The maximum absolute atomic E-state index is 12.9. The van der Waals surface area contributed by atoms with Gasteiger partial charge in [-0.25, -0.2) is 0 Å². The van der Waals surface area contributed by atoms with Gasteiger partial charge in [-0.3, -0.25) is 19.0 Å². The molecule has 31 heavy (non-hydrogen) atoms. The molecule has 3 aromatic rings. The fraction of sp³-hybridized carbons (Fsp3) is 0.261. The van der Waals surface area contributed by atoms with Crippen molar-refractivity contribution in [1.29, 1.82) is 0 Å². The van der Waals surface area contributed by atoms with Gasteiger partial charge in [-0.1, -0.05) is 17.7 Å². The Kier molecular flexibility index (Phi) is 6.25. The third-order valence-electron chi connectivity index (χ3n) is 5.49. The molecule has 1 aromatic carbocycles. The van der Waals surface area contributed by atoms with E-state index in [2.05, 4.69) is 10.6 Å². The predicted molar refractivity (Wildman–Crippen MR) is 122 cm³/mol. The summed E-state index contributed by atoms with van der Waals surface area (Å²) in [6.07, 6.45) is 4.25. The second-order valence-electron chi connectivity index (χ2n) is 7.60. The number of carbonyl (C=O) groups is 2. The van der Waals surface area contributed by atoms with Crippen LogP contribution in [-0.2, 0) is 0 Å². The van der Waals surface area contributed by atoms with E-state index in [1.165, 1.54) is 17.4 Å². The lowest BCUT2D eigenvalue weighted by Gasteiger charge is -2.22. The third-order valence-corrected chi connectivity index (χ3v) is 6.72. The van der Waals surface area contributed by atoms with Gasteiger partial charge in [0.1, 0.15) is 0 Å². The number of carbonyl (C=O) groups excluding carboxylic acids is 2. The van der Waals surface area contributed by atoms with E-state index in [1.54, 1.807) is 53.2 Å². The molecule has 8 heteroatoms. The number of amides is 2. The average Bonchev–Trinajstić information content (AvgIpc) is 3.37. The number of nitrogens with zero attached hydrogens (tertiary/aromatic N) is 1. The number of aryl methyl sites for hydroxylation is 1. The minimum Gasteiger partial charge on any atom is -0.347 e. The number of hydrogen-bond donors (Lipinski definition) is 2. The SMILES string of the molecule is Cc1cc(C(=O)N[C@H]2CCC[C@H]2NC(=O)c2ccc(Cl)s2)ccc1-n1ccccc1=O. The van der Waals surface area contributed by atoms with E-state index in [0.29, 0.717) is 14.8 Å². The summed E-state index contributed by atoms with van der Waals surface area (Å²) in [5.41, 5.74) is 1.96. The molecule has 1 fully saturated rings. The number of hydrogen-bond acceptors (Lipinski definition) is 4. The van der Waals surface area contributed by atoms with Gasteiger partial charge in [0.15, 0.2) is 0 Å². The van der Waals surface area contributed by atoms with Crippen LogP contribution in [0.3, 0.4) is 0 Å². The largest absolute Gasteiger partial charge is 0.347 e. The molecule has 2 aromatic heterocycles. The summed E-state index contributed by atoms with van der Waals surface area (Å²) in [6, 6.07) is 13.4. The molecular formula is C23H22ClN3O3S. The number of nitrogens with one attached hydrogen (secondary N) is 2. The number of benzene rings is 1. The zero-order valence-electron chi connectivity index (χ0n) is 16.9. The van der Waals surface area contributed by atoms with Crippen LogP contribution in [0.5, 0.6) is 0 Å². The molecule has 2 N–H and O–H groups in total. The van der Waals surface area contributed by atoms with Crippen molar-refractivity contribution in [2.75, 3.05) is 0 Å². The lowest BCUT2D eigenvalue weighted by atomic mass is 10.1. The molecule has 4 rings (SSSR count). The maximum atomic E-state index is 12.9. The summed E-state index contributed by atoms with van der Waals surface area (Å²) in [4.78, 5) is 38.0. The highest BCUT2D eigenvalue weighted by molar-refractivity contribution is 7.18. The first-order chi connectivity index (χ1) is 14.9. The molecule has 0 bridgehead atoms. The Bertz CT molecular complexity index is 1190. The van der Waals surface area contributed by atoms with Gasteiger partial charge < -0.3 is 10.6 Å². The van der Waals surface area contributed by atoms with Crippen LogP contribution < -0.4 is 16.2 Å². The third kappa shape index (κ3) is 4.73. The van der Waals surface area contributed by atoms with Gasteiger partial charge in [0.05, 0.1) is 14.9 Å². The molecular weight excluding hydrogens is 434 g/mol. The molecule has 6 nitrogen and oxygen atoms in total. The van der Waals surface area contributed by atoms with E-state index in [9.17, 15) is 14.4 Å². The van der Waals surface area contributed by atoms with Gasteiger partial charge >= 0.3 is 0 Å². The standard InChI is InChI=1S/C23H22ClN3O3S/c1-14-13-15(8-9-18(14)27-12-3-2-7-21(27)28)22(29)25-16-5-4-6-17(16)26-23(30)19-10-11-20(24)31-19/h2-3,7-13,16-17H,4-6H2,1H3,(H,25,29)(H,26,30)/t16-,17+/m0/s1. The van der Waals surface area contributed by atoms with Crippen LogP contribution >= 0.6 is 22.9 Å². The molecule has 2 heterocycles. The molecule has 0 aliphatic heterocycles. The lowest BCUT2D eigenvalue weighted by Crippen LogP contribution is -2.48. The molecule has 0 saturated heterocycles. The van der Waals surface area contributed by atoms with Crippen LogP contribution in [0.2, 0.25) is 4.34 Å². The van der Waals surface area contributed by atoms with E-state index in [0.717, 1.165) is 30.5 Å². The van der Waals surface area contributed by atoms with Gasteiger partial charge in [0.25, 0.3) is 17.4 Å². The van der Waals surface area contributed by atoms with Crippen molar-refractivity contribution in [3.63, 3.8) is 0 Å². The van der Waals surface area contributed by atoms with E-state index in [4.69, 9.17) is 11.6 Å². The number of thiophene rings is 1. The van der Waals surface area contributed by atoms with Crippen molar-refractivity contribution in [2.24, 2.45) is 0 Å². The predicted octanol–water partition coefficient (Wildman–Crippen LogP) is 3.94. The first-order valence-electron chi connectivity index (χ1n) is 10.1. The molecule has 0 radical (unpaired) electrons. The van der Waals surface area contributed by atoms with Gasteiger partial charge in [-0.05, 0) is 68.1 Å². The van der Waals surface area contributed by atoms with Crippen molar-refractivity contribution in [3.05, 3.63) is 85.4 Å². The van der Waals surface area contributed by atoms with Crippen molar-refractivity contribution in [2.45, 2.75) is 38.3 Å². The second-order valence-corrected chi connectivity index (χ2v) is 9.32. The number of rotatable bonds is 5. The number of aromatic nitrogens is 1. The van der Waals surface area contributed by atoms with Crippen LogP contribution in [-0.4, -0.2) is 28.5 Å². The summed E-state index contributed by atoms with van der Waals surface area (Å²) in [5.74, 6) is -0.364. The molecule has 1 aliphatic rings. The van der Waals surface area contributed by atoms with E-state index >= 15 is 0 Å². The van der Waals surface area contributed by atoms with Gasteiger partial charge in [0.2, 0.25) is 0 Å². The van der Waals surface area contributed by atoms with Crippen LogP contribution in [0.25, 0.3) is 5.69 Å². The maximum Gasteiger partial charge on any atom is 0.261 e. The summed E-state index contributed by atoms with van der Waals surface area (Å²) in [7, 11) is 0. The van der Waals surface area contributed by atoms with Crippen molar-refractivity contribution in [3.8, 4) is 5.69 Å². The van der Waals surface area contributed by atoms with E-state index in [1.807, 2.05) is 6.92 Å².